The van der Waals surface area contributed by atoms with Crippen molar-refractivity contribution in [2.45, 2.75) is 6.54 Å². The molecule has 0 spiro atoms. The summed E-state index contributed by atoms with van der Waals surface area (Å²) in [6, 6.07) is 12.4. The van der Waals surface area contributed by atoms with Crippen molar-refractivity contribution in [3.05, 3.63) is 65.2 Å². The molecule has 96 valence electrons. The van der Waals surface area contributed by atoms with Crippen molar-refractivity contribution in [2.75, 3.05) is 11.9 Å². The Morgan fingerprint density at radius 3 is 2.58 bits per heavy atom. The fourth-order valence-corrected chi connectivity index (χ4v) is 1.83. The van der Waals surface area contributed by atoms with Crippen molar-refractivity contribution in [1.29, 1.82) is 5.26 Å². The van der Waals surface area contributed by atoms with Gasteiger partial charge in [-0.25, -0.2) is 8.78 Å². The molecular formula is C15H12F2N2. The standard InChI is InChI=1S/C15H12F2N2/c1-19(10-11-3-2-4-13(16)7-11)14-6-5-12(9-18)15(17)8-14/h2-8H,10H2,1H3. The second-order valence-corrected chi connectivity index (χ2v) is 4.26. The van der Waals surface area contributed by atoms with Gasteiger partial charge in [-0.05, 0) is 35.9 Å². The minimum Gasteiger partial charge on any atom is -0.370 e. The van der Waals surface area contributed by atoms with E-state index in [0.29, 0.717) is 12.2 Å². The summed E-state index contributed by atoms with van der Waals surface area (Å²) < 4.78 is 26.6. The number of anilines is 1. The molecular weight excluding hydrogens is 246 g/mol. The smallest absolute Gasteiger partial charge is 0.143 e. The molecule has 2 aromatic rings. The number of halogens is 2. The van der Waals surface area contributed by atoms with Crippen LogP contribution in [0.4, 0.5) is 14.5 Å². The van der Waals surface area contributed by atoms with Gasteiger partial charge < -0.3 is 4.90 Å². The van der Waals surface area contributed by atoms with E-state index in [1.807, 2.05) is 0 Å². The van der Waals surface area contributed by atoms with Crippen molar-refractivity contribution in [3.63, 3.8) is 0 Å². The molecule has 0 saturated carbocycles. The molecule has 0 amide bonds. The van der Waals surface area contributed by atoms with Gasteiger partial charge in [0.25, 0.3) is 0 Å². The summed E-state index contributed by atoms with van der Waals surface area (Å²) in [5.41, 5.74) is 1.45. The van der Waals surface area contributed by atoms with E-state index in [1.165, 1.54) is 24.3 Å². The number of nitrogens with zero attached hydrogens (tertiary/aromatic N) is 2. The molecule has 0 unspecified atom stereocenters. The van der Waals surface area contributed by atoms with Crippen LogP contribution in [-0.4, -0.2) is 7.05 Å². The van der Waals surface area contributed by atoms with Crippen LogP contribution in [0.1, 0.15) is 11.1 Å². The van der Waals surface area contributed by atoms with Gasteiger partial charge in [-0.3, -0.25) is 0 Å². The molecule has 0 aliphatic heterocycles. The molecule has 2 rings (SSSR count). The van der Waals surface area contributed by atoms with E-state index in [0.717, 1.165) is 5.56 Å². The van der Waals surface area contributed by atoms with E-state index >= 15 is 0 Å². The van der Waals surface area contributed by atoms with Gasteiger partial charge in [0.05, 0.1) is 5.56 Å². The van der Waals surface area contributed by atoms with Crippen LogP contribution in [0.5, 0.6) is 0 Å². The van der Waals surface area contributed by atoms with Crippen LogP contribution in [0.2, 0.25) is 0 Å². The Morgan fingerprint density at radius 1 is 1.16 bits per heavy atom. The van der Waals surface area contributed by atoms with E-state index < -0.39 is 5.82 Å². The summed E-state index contributed by atoms with van der Waals surface area (Å²) in [5, 5.41) is 8.67. The maximum Gasteiger partial charge on any atom is 0.143 e. The zero-order valence-electron chi connectivity index (χ0n) is 10.4. The predicted octanol–water partition coefficient (Wildman–Crippen LogP) is 3.47. The van der Waals surface area contributed by atoms with Crippen LogP contribution in [0.15, 0.2) is 42.5 Å². The quantitative estimate of drug-likeness (QED) is 0.842. The molecule has 0 aromatic heterocycles. The van der Waals surface area contributed by atoms with Crippen molar-refractivity contribution >= 4 is 5.69 Å². The van der Waals surface area contributed by atoms with E-state index in [2.05, 4.69) is 0 Å². The molecule has 0 fully saturated rings. The fraction of sp³-hybridized carbons (Fsp3) is 0.133. The average Bonchev–Trinajstić information content (AvgIpc) is 2.38. The molecule has 0 aliphatic carbocycles. The van der Waals surface area contributed by atoms with Gasteiger partial charge in [-0.1, -0.05) is 12.1 Å². The zero-order valence-corrected chi connectivity index (χ0v) is 10.4. The van der Waals surface area contributed by atoms with Crippen molar-refractivity contribution in [2.24, 2.45) is 0 Å². The lowest BCUT2D eigenvalue weighted by molar-refractivity contribution is 0.621. The maximum atomic E-state index is 13.5. The normalized spacial score (nSPS) is 10.0. The first kappa shape index (κ1) is 13.0. The highest BCUT2D eigenvalue weighted by atomic mass is 19.1. The fourth-order valence-electron chi connectivity index (χ4n) is 1.83. The number of hydrogen-bond acceptors (Lipinski definition) is 2. The average molecular weight is 258 g/mol. The summed E-state index contributed by atoms with van der Waals surface area (Å²) >= 11 is 0. The third-order valence-electron chi connectivity index (χ3n) is 2.82. The SMILES string of the molecule is CN(Cc1cccc(F)c1)c1ccc(C#N)c(F)c1. The molecule has 0 heterocycles. The molecule has 0 aliphatic rings. The van der Waals surface area contributed by atoms with Crippen LogP contribution in [-0.2, 0) is 6.54 Å². The van der Waals surface area contributed by atoms with Gasteiger partial charge in [0.15, 0.2) is 0 Å². The minimum absolute atomic E-state index is 0.0166. The molecule has 0 N–H and O–H groups in total. The summed E-state index contributed by atoms with van der Waals surface area (Å²) in [4.78, 5) is 1.79. The molecule has 2 aromatic carbocycles. The zero-order chi connectivity index (χ0) is 13.8. The Kier molecular flexibility index (Phi) is 3.76. The second kappa shape index (κ2) is 5.49. The number of rotatable bonds is 3. The van der Waals surface area contributed by atoms with Gasteiger partial charge in [-0.15, -0.1) is 0 Å². The summed E-state index contributed by atoms with van der Waals surface area (Å²) in [5.74, 6) is -0.844. The lowest BCUT2D eigenvalue weighted by Gasteiger charge is -2.19. The second-order valence-electron chi connectivity index (χ2n) is 4.26. The van der Waals surface area contributed by atoms with Crippen LogP contribution >= 0.6 is 0 Å². The third-order valence-corrected chi connectivity index (χ3v) is 2.82. The van der Waals surface area contributed by atoms with Crippen LogP contribution < -0.4 is 4.90 Å². The van der Waals surface area contributed by atoms with Crippen molar-refractivity contribution in [1.82, 2.24) is 0 Å². The highest BCUT2D eigenvalue weighted by Gasteiger charge is 2.07. The van der Waals surface area contributed by atoms with E-state index in [9.17, 15) is 8.78 Å². The molecule has 2 nitrogen and oxygen atoms in total. The van der Waals surface area contributed by atoms with Crippen molar-refractivity contribution in [3.8, 4) is 6.07 Å². The first-order valence-electron chi connectivity index (χ1n) is 5.75. The van der Waals surface area contributed by atoms with Gasteiger partial charge in [0.1, 0.15) is 17.7 Å². The van der Waals surface area contributed by atoms with Gasteiger partial charge in [0.2, 0.25) is 0 Å². The van der Waals surface area contributed by atoms with Gasteiger partial charge in [0, 0.05) is 19.3 Å². The number of benzene rings is 2. The predicted molar refractivity (Wildman–Crippen MR) is 69.6 cm³/mol. The summed E-state index contributed by atoms with van der Waals surface area (Å²) in [7, 11) is 1.78. The van der Waals surface area contributed by atoms with Crippen LogP contribution in [0.3, 0.4) is 0 Å². The number of nitriles is 1. The number of hydrogen-bond donors (Lipinski definition) is 0. The topological polar surface area (TPSA) is 27.0 Å². The Bertz CT molecular complexity index is 632. The highest BCUT2D eigenvalue weighted by Crippen LogP contribution is 2.19. The van der Waals surface area contributed by atoms with Gasteiger partial charge in [-0.2, -0.15) is 5.26 Å². The molecule has 19 heavy (non-hydrogen) atoms. The minimum atomic E-state index is -0.550. The lowest BCUT2D eigenvalue weighted by Crippen LogP contribution is -2.16. The van der Waals surface area contributed by atoms with Crippen molar-refractivity contribution < 1.29 is 8.78 Å². The molecule has 0 radical (unpaired) electrons. The third kappa shape index (κ3) is 3.08. The Morgan fingerprint density at radius 2 is 1.95 bits per heavy atom. The summed E-state index contributed by atoms with van der Waals surface area (Å²) in [6.45, 7) is 0.461. The monoisotopic (exact) mass is 258 g/mol. The molecule has 0 bridgehead atoms. The Labute approximate surface area is 110 Å². The maximum absolute atomic E-state index is 13.5. The Hall–Kier alpha value is -2.41. The molecule has 0 saturated heterocycles. The van der Waals surface area contributed by atoms with Crippen LogP contribution in [0.25, 0.3) is 0 Å². The summed E-state index contributed by atoms with van der Waals surface area (Å²) in [6.07, 6.45) is 0. The first-order valence-corrected chi connectivity index (χ1v) is 5.75. The largest absolute Gasteiger partial charge is 0.370 e. The van der Waals surface area contributed by atoms with Gasteiger partial charge >= 0.3 is 0 Å². The van der Waals surface area contributed by atoms with E-state index in [1.54, 1.807) is 36.2 Å². The lowest BCUT2D eigenvalue weighted by atomic mass is 10.1. The van der Waals surface area contributed by atoms with E-state index in [4.69, 9.17) is 5.26 Å². The molecule has 0 atom stereocenters. The highest BCUT2D eigenvalue weighted by molar-refractivity contribution is 5.50. The first-order chi connectivity index (χ1) is 9.10. The van der Waals surface area contributed by atoms with E-state index in [-0.39, 0.29) is 11.4 Å². The van der Waals surface area contributed by atoms with Crippen LogP contribution in [0, 0.1) is 23.0 Å². The Balaban J connectivity index is 2.18. The molecule has 4 heteroatoms.